The molecule has 9 nitrogen and oxygen atoms in total. The zero-order chi connectivity index (χ0) is 21.2. The van der Waals surface area contributed by atoms with E-state index in [1.165, 1.54) is 12.3 Å². The van der Waals surface area contributed by atoms with Gasteiger partial charge < -0.3 is 19.7 Å². The molecule has 31 heavy (non-hydrogen) atoms. The van der Waals surface area contributed by atoms with Crippen molar-refractivity contribution in [2.45, 2.75) is 44.3 Å². The molecule has 160 valence electrons. The number of nitrogens with one attached hydrogen (secondary N) is 1. The van der Waals surface area contributed by atoms with E-state index in [4.69, 9.17) is 14.5 Å². The van der Waals surface area contributed by atoms with Gasteiger partial charge in [-0.2, -0.15) is 5.10 Å². The lowest BCUT2D eigenvalue weighted by Gasteiger charge is -2.37. The molecule has 0 saturated heterocycles. The maximum atomic E-state index is 14.1. The number of ether oxygens (including phenoxy) is 2. The minimum absolute atomic E-state index is 0.0265. The average molecular weight is 424 g/mol. The third kappa shape index (κ3) is 2.96. The Bertz CT molecular complexity index is 1210. The van der Waals surface area contributed by atoms with Crippen LogP contribution in [0.2, 0.25) is 0 Å². The van der Waals surface area contributed by atoms with E-state index in [9.17, 15) is 9.18 Å². The first-order valence-electron chi connectivity index (χ1n) is 10.4. The minimum atomic E-state index is -0.460. The van der Waals surface area contributed by atoms with E-state index in [1.54, 1.807) is 10.7 Å². The second-order valence-corrected chi connectivity index (χ2v) is 8.40. The molecular weight excluding hydrogens is 403 g/mol. The van der Waals surface area contributed by atoms with Crippen LogP contribution in [0, 0.1) is 5.82 Å². The Balaban J connectivity index is 1.55. The number of halogens is 1. The molecule has 3 aromatic rings. The van der Waals surface area contributed by atoms with Crippen molar-refractivity contribution in [2.24, 2.45) is 0 Å². The number of nitrogens with zero attached hydrogens (tertiary/aromatic N) is 5. The van der Waals surface area contributed by atoms with Gasteiger partial charge in [0.25, 0.3) is 5.91 Å². The Labute approximate surface area is 177 Å². The molecule has 1 fully saturated rings. The Kier molecular flexibility index (Phi) is 3.87. The van der Waals surface area contributed by atoms with Gasteiger partial charge in [-0.15, -0.1) is 0 Å². The molecule has 10 heteroatoms. The fraction of sp³-hybridized carbons (Fsp3) is 0.429. The van der Waals surface area contributed by atoms with E-state index < -0.39 is 11.4 Å². The smallest absolute Gasteiger partial charge is 0.257 e. The quantitative estimate of drug-likeness (QED) is 0.639. The van der Waals surface area contributed by atoms with Gasteiger partial charge in [0.05, 0.1) is 36.7 Å². The normalized spacial score (nSPS) is 21.4. The maximum Gasteiger partial charge on any atom is 0.257 e. The molecule has 1 spiro atoms. The van der Waals surface area contributed by atoms with Crippen molar-refractivity contribution in [1.29, 1.82) is 0 Å². The van der Waals surface area contributed by atoms with Crippen molar-refractivity contribution in [3.05, 3.63) is 41.6 Å². The molecule has 1 N–H and O–H groups in total. The molecule has 1 saturated carbocycles. The van der Waals surface area contributed by atoms with Gasteiger partial charge in [-0.3, -0.25) is 4.79 Å². The number of pyridine rings is 1. The maximum absolute atomic E-state index is 14.1. The summed E-state index contributed by atoms with van der Waals surface area (Å²) in [6.07, 6.45) is 6.82. The van der Waals surface area contributed by atoms with E-state index in [2.05, 4.69) is 27.2 Å². The van der Waals surface area contributed by atoms with Crippen LogP contribution in [0.15, 0.2) is 24.7 Å². The second-order valence-electron chi connectivity index (χ2n) is 8.40. The standard InChI is InChI=1S/C21H21FN6O3/c1-2-14-10-30-16-9-28-17-15(7-24-28)19(29)26-21(3-4-21)11-31-20-12(5-13(22)6-23-20)8-27(14)18(16)25-17/h5-7,9,14H,2-4,8,10-11H2,1H3,(H,26,29)/t14-/m1/s1. The average Bonchev–Trinajstić information content (AvgIpc) is 3.39. The number of carbonyl (C=O) groups is 1. The van der Waals surface area contributed by atoms with Crippen molar-refractivity contribution in [3.63, 3.8) is 0 Å². The highest BCUT2D eigenvalue weighted by Gasteiger charge is 2.46. The topological polar surface area (TPSA) is 93.9 Å². The number of rotatable bonds is 1. The third-order valence-corrected chi connectivity index (χ3v) is 6.25. The zero-order valence-electron chi connectivity index (χ0n) is 17.0. The first-order chi connectivity index (χ1) is 15.0. The van der Waals surface area contributed by atoms with Crippen molar-refractivity contribution in [2.75, 3.05) is 18.1 Å². The molecule has 1 amide bonds. The fourth-order valence-corrected chi connectivity index (χ4v) is 4.21. The van der Waals surface area contributed by atoms with Crippen molar-refractivity contribution >= 4 is 17.4 Å². The number of fused-ring (bicyclic) bond motifs is 1. The molecule has 5 heterocycles. The van der Waals surface area contributed by atoms with Crippen molar-refractivity contribution in [3.8, 4) is 11.6 Å². The number of aromatic nitrogens is 4. The van der Waals surface area contributed by atoms with Gasteiger partial charge in [0.1, 0.15) is 24.6 Å². The van der Waals surface area contributed by atoms with Crippen molar-refractivity contribution < 1.29 is 18.7 Å². The van der Waals surface area contributed by atoms with Crippen LogP contribution >= 0.6 is 0 Å². The SMILES string of the molecule is CC[C@@H]1COc2cn3ncc4c3nc2N1Cc1cc(F)cnc1OCC1(CC1)NC4=O. The minimum Gasteiger partial charge on any atom is -0.486 e. The van der Waals surface area contributed by atoms with Gasteiger partial charge >= 0.3 is 0 Å². The number of hydrogen-bond donors (Lipinski definition) is 1. The lowest BCUT2D eigenvalue weighted by atomic mass is 10.1. The van der Waals surface area contributed by atoms with E-state index in [-0.39, 0.29) is 18.6 Å². The third-order valence-electron chi connectivity index (χ3n) is 6.25. The van der Waals surface area contributed by atoms with E-state index in [1.807, 2.05) is 0 Å². The molecule has 2 bridgehead atoms. The van der Waals surface area contributed by atoms with Crippen LogP contribution in [-0.4, -0.2) is 50.3 Å². The first-order valence-corrected chi connectivity index (χ1v) is 10.4. The summed E-state index contributed by atoms with van der Waals surface area (Å²) in [5.41, 5.74) is 1.02. The highest BCUT2D eigenvalue weighted by atomic mass is 19.1. The molecule has 1 aliphatic carbocycles. The zero-order valence-corrected chi connectivity index (χ0v) is 17.0. The van der Waals surface area contributed by atoms with Crippen LogP contribution in [0.4, 0.5) is 10.2 Å². The van der Waals surface area contributed by atoms with Crippen LogP contribution in [0.25, 0.3) is 5.65 Å². The molecule has 1 atom stereocenters. The highest BCUT2D eigenvalue weighted by molar-refractivity contribution is 6.00. The first kappa shape index (κ1) is 18.3. The van der Waals surface area contributed by atoms with Gasteiger partial charge in [-0.05, 0) is 25.3 Å². The molecule has 0 aromatic carbocycles. The Hall–Kier alpha value is -3.43. The van der Waals surface area contributed by atoms with E-state index in [0.29, 0.717) is 47.4 Å². The van der Waals surface area contributed by atoms with Gasteiger partial charge in [-0.1, -0.05) is 6.92 Å². The van der Waals surface area contributed by atoms with Gasteiger partial charge in [0, 0.05) is 5.56 Å². The summed E-state index contributed by atoms with van der Waals surface area (Å²) < 4.78 is 27.6. The molecule has 3 aromatic heterocycles. The number of carbonyl (C=O) groups excluding carboxylic acids is 1. The van der Waals surface area contributed by atoms with Crippen LogP contribution in [0.1, 0.15) is 42.1 Å². The molecule has 0 radical (unpaired) electrons. The van der Waals surface area contributed by atoms with Crippen LogP contribution < -0.4 is 19.7 Å². The number of amides is 1. The van der Waals surface area contributed by atoms with Crippen LogP contribution in [-0.2, 0) is 6.54 Å². The summed E-state index contributed by atoms with van der Waals surface area (Å²) in [6.45, 7) is 3.16. The summed E-state index contributed by atoms with van der Waals surface area (Å²) in [4.78, 5) is 24.1. The predicted molar refractivity (Wildman–Crippen MR) is 108 cm³/mol. The number of hydrogen-bond acceptors (Lipinski definition) is 7. The lowest BCUT2D eigenvalue weighted by molar-refractivity contribution is 0.0913. The molecule has 2 aliphatic heterocycles. The Morgan fingerprint density at radius 3 is 3.00 bits per heavy atom. The summed E-state index contributed by atoms with van der Waals surface area (Å²) in [5.74, 6) is 0.853. The highest BCUT2D eigenvalue weighted by Crippen LogP contribution is 2.39. The van der Waals surface area contributed by atoms with E-state index in [0.717, 1.165) is 25.5 Å². The van der Waals surface area contributed by atoms with Gasteiger partial charge in [0.15, 0.2) is 17.2 Å². The van der Waals surface area contributed by atoms with E-state index >= 15 is 0 Å². The second kappa shape index (κ2) is 6.53. The molecular formula is C21H21FN6O3. The predicted octanol–water partition coefficient (Wildman–Crippen LogP) is 2.10. The molecule has 0 unspecified atom stereocenters. The molecule has 6 rings (SSSR count). The Morgan fingerprint density at radius 1 is 1.32 bits per heavy atom. The summed E-state index contributed by atoms with van der Waals surface area (Å²) in [5, 5.41) is 7.37. The van der Waals surface area contributed by atoms with Crippen LogP contribution in [0.5, 0.6) is 11.6 Å². The summed E-state index contributed by atoms with van der Waals surface area (Å²) in [7, 11) is 0. The van der Waals surface area contributed by atoms with Gasteiger partial charge in [0.2, 0.25) is 5.88 Å². The fourth-order valence-electron chi connectivity index (χ4n) is 4.21. The lowest BCUT2D eigenvalue weighted by Crippen LogP contribution is -2.43. The summed E-state index contributed by atoms with van der Waals surface area (Å²) in [6, 6.07) is 1.48. The largest absolute Gasteiger partial charge is 0.486 e. The number of anilines is 1. The van der Waals surface area contributed by atoms with Gasteiger partial charge in [-0.25, -0.2) is 18.9 Å². The Morgan fingerprint density at radius 2 is 2.19 bits per heavy atom. The van der Waals surface area contributed by atoms with Crippen LogP contribution in [0.3, 0.4) is 0 Å². The monoisotopic (exact) mass is 424 g/mol. The van der Waals surface area contributed by atoms with Crippen molar-refractivity contribution in [1.82, 2.24) is 24.9 Å². The molecule has 3 aliphatic rings. The summed E-state index contributed by atoms with van der Waals surface area (Å²) >= 11 is 0.